The van der Waals surface area contributed by atoms with Crippen molar-refractivity contribution in [3.63, 3.8) is 0 Å². The predicted molar refractivity (Wildman–Crippen MR) is 137 cm³/mol. The van der Waals surface area contributed by atoms with Crippen LogP contribution in [0.15, 0.2) is 70.8 Å². The van der Waals surface area contributed by atoms with Gasteiger partial charge in [-0.25, -0.2) is 9.97 Å². The normalized spacial score (nSPS) is 13.6. The molecular formula is C24H27N5O2S2. The number of aromatic nitrogens is 2. The molecule has 0 bridgehead atoms. The first-order chi connectivity index (χ1) is 16.2. The third kappa shape index (κ3) is 6.11. The molecule has 0 unspecified atom stereocenters. The molecule has 0 saturated carbocycles. The highest BCUT2D eigenvalue weighted by Gasteiger charge is 2.21. The first-order valence-corrected chi connectivity index (χ1v) is 12.9. The van der Waals surface area contributed by atoms with Gasteiger partial charge < -0.3 is 19.9 Å². The van der Waals surface area contributed by atoms with Crippen molar-refractivity contribution in [2.24, 2.45) is 0 Å². The SMILES string of the molecule is COc1ccccc1N1CCN(c2cc(SCC(=O)Nc3cccc(SC)c3)ncn2)CC1. The Morgan fingerprint density at radius 3 is 2.61 bits per heavy atom. The summed E-state index contributed by atoms with van der Waals surface area (Å²) >= 11 is 3.06. The highest BCUT2D eigenvalue weighted by Crippen LogP contribution is 2.29. The summed E-state index contributed by atoms with van der Waals surface area (Å²) in [6.45, 7) is 3.46. The Labute approximate surface area is 202 Å². The molecule has 4 rings (SSSR count). The number of rotatable bonds is 8. The Hall–Kier alpha value is -2.91. The second-order valence-corrected chi connectivity index (χ2v) is 9.30. The van der Waals surface area contributed by atoms with Gasteiger partial charge in [-0.1, -0.05) is 30.0 Å². The average molecular weight is 482 g/mol. The van der Waals surface area contributed by atoms with Crippen LogP contribution < -0.4 is 19.9 Å². The van der Waals surface area contributed by atoms with E-state index in [2.05, 4.69) is 31.2 Å². The number of hydrogen-bond donors (Lipinski definition) is 1. The number of piperazine rings is 1. The molecule has 1 aliphatic rings. The molecule has 1 N–H and O–H groups in total. The Bertz CT molecular complexity index is 1090. The Kier molecular flexibility index (Phi) is 7.96. The largest absolute Gasteiger partial charge is 0.495 e. The summed E-state index contributed by atoms with van der Waals surface area (Å²) in [6, 6.07) is 17.9. The van der Waals surface area contributed by atoms with Crippen LogP contribution in [0.3, 0.4) is 0 Å². The molecule has 1 saturated heterocycles. The second-order valence-electron chi connectivity index (χ2n) is 7.43. The molecule has 1 amide bonds. The van der Waals surface area contributed by atoms with Crippen LogP contribution in [0.25, 0.3) is 0 Å². The Morgan fingerprint density at radius 2 is 1.82 bits per heavy atom. The maximum atomic E-state index is 12.4. The number of para-hydroxylation sites is 2. The average Bonchev–Trinajstić information content (AvgIpc) is 2.88. The number of anilines is 3. The first-order valence-electron chi connectivity index (χ1n) is 10.7. The summed E-state index contributed by atoms with van der Waals surface area (Å²) in [5.41, 5.74) is 1.93. The van der Waals surface area contributed by atoms with Gasteiger partial charge >= 0.3 is 0 Å². The van der Waals surface area contributed by atoms with Crippen LogP contribution >= 0.6 is 23.5 Å². The van der Waals surface area contributed by atoms with E-state index >= 15 is 0 Å². The van der Waals surface area contributed by atoms with Gasteiger partial charge in [-0.15, -0.1) is 11.8 Å². The van der Waals surface area contributed by atoms with Crippen LogP contribution in [0.4, 0.5) is 17.2 Å². The maximum Gasteiger partial charge on any atom is 0.234 e. The molecule has 3 aromatic rings. The van der Waals surface area contributed by atoms with Crippen molar-refractivity contribution in [2.75, 3.05) is 60.4 Å². The fourth-order valence-electron chi connectivity index (χ4n) is 3.69. The van der Waals surface area contributed by atoms with Gasteiger partial charge in [-0.05, 0) is 36.6 Å². The molecule has 2 heterocycles. The summed E-state index contributed by atoms with van der Waals surface area (Å²) in [5, 5.41) is 3.74. The van der Waals surface area contributed by atoms with E-state index in [0.717, 1.165) is 59.0 Å². The molecule has 7 nitrogen and oxygen atoms in total. The first kappa shape index (κ1) is 23.3. The highest BCUT2D eigenvalue weighted by molar-refractivity contribution is 8.00. The van der Waals surface area contributed by atoms with Crippen molar-refractivity contribution in [1.82, 2.24) is 9.97 Å². The quantitative estimate of drug-likeness (QED) is 0.378. The van der Waals surface area contributed by atoms with E-state index in [9.17, 15) is 4.79 Å². The minimum atomic E-state index is -0.0520. The van der Waals surface area contributed by atoms with Gasteiger partial charge in [0.25, 0.3) is 0 Å². The van der Waals surface area contributed by atoms with Crippen LogP contribution in [-0.4, -0.2) is 61.2 Å². The Balaban J connectivity index is 1.31. The molecule has 1 fully saturated rings. The Morgan fingerprint density at radius 1 is 1.03 bits per heavy atom. The van der Waals surface area contributed by atoms with Gasteiger partial charge in [0.05, 0.1) is 18.6 Å². The van der Waals surface area contributed by atoms with Crippen molar-refractivity contribution in [3.05, 3.63) is 60.9 Å². The topological polar surface area (TPSA) is 70.6 Å². The molecule has 0 spiro atoms. The number of nitrogens with one attached hydrogen (secondary N) is 1. The van der Waals surface area contributed by atoms with Gasteiger partial charge in [0.1, 0.15) is 22.9 Å². The fraction of sp³-hybridized carbons (Fsp3) is 0.292. The molecule has 0 aliphatic carbocycles. The zero-order valence-corrected chi connectivity index (χ0v) is 20.4. The number of amides is 1. The smallest absolute Gasteiger partial charge is 0.234 e. The van der Waals surface area contributed by atoms with Gasteiger partial charge in [0.15, 0.2) is 0 Å². The number of carbonyl (C=O) groups is 1. The molecule has 172 valence electrons. The van der Waals surface area contributed by atoms with Crippen molar-refractivity contribution in [3.8, 4) is 5.75 Å². The molecule has 1 aliphatic heterocycles. The number of benzene rings is 2. The van der Waals surface area contributed by atoms with E-state index in [1.165, 1.54) is 11.8 Å². The van der Waals surface area contributed by atoms with Crippen LogP contribution in [0, 0.1) is 0 Å². The number of ether oxygens (including phenoxy) is 1. The van der Waals surface area contributed by atoms with E-state index in [1.807, 2.05) is 54.8 Å². The molecular weight excluding hydrogens is 454 g/mol. The van der Waals surface area contributed by atoms with Crippen LogP contribution in [0.5, 0.6) is 5.75 Å². The van der Waals surface area contributed by atoms with E-state index in [0.29, 0.717) is 5.75 Å². The lowest BCUT2D eigenvalue weighted by molar-refractivity contribution is -0.113. The van der Waals surface area contributed by atoms with E-state index in [1.54, 1.807) is 25.2 Å². The molecule has 0 radical (unpaired) electrons. The minimum Gasteiger partial charge on any atom is -0.495 e. The van der Waals surface area contributed by atoms with Crippen LogP contribution in [-0.2, 0) is 4.79 Å². The summed E-state index contributed by atoms with van der Waals surface area (Å²) in [6.07, 6.45) is 3.59. The summed E-state index contributed by atoms with van der Waals surface area (Å²) in [5.74, 6) is 2.02. The van der Waals surface area contributed by atoms with E-state index in [-0.39, 0.29) is 5.91 Å². The molecule has 9 heteroatoms. The number of nitrogens with zero attached hydrogens (tertiary/aromatic N) is 4. The van der Waals surface area contributed by atoms with Gasteiger partial charge in [0.2, 0.25) is 5.91 Å². The van der Waals surface area contributed by atoms with Crippen LogP contribution in [0.2, 0.25) is 0 Å². The molecule has 0 atom stereocenters. The molecule has 33 heavy (non-hydrogen) atoms. The third-order valence-corrected chi connectivity index (χ3v) is 7.01. The standard InChI is InChI=1S/C24H27N5O2S2/c1-31-21-9-4-3-8-20(21)28-10-12-29(13-11-28)22-15-24(26-17-25-22)33-16-23(30)27-18-6-5-7-19(14-18)32-2/h3-9,14-15,17H,10-13,16H2,1-2H3,(H,27,30). The summed E-state index contributed by atoms with van der Waals surface area (Å²) in [7, 11) is 1.71. The summed E-state index contributed by atoms with van der Waals surface area (Å²) in [4.78, 5) is 26.9. The number of hydrogen-bond acceptors (Lipinski definition) is 8. The predicted octanol–water partition coefficient (Wildman–Crippen LogP) is 4.26. The third-order valence-electron chi connectivity index (χ3n) is 5.36. The van der Waals surface area contributed by atoms with Crippen molar-refractivity contribution >= 4 is 46.6 Å². The lowest BCUT2D eigenvalue weighted by Gasteiger charge is -2.37. The van der Waals surface area contributed by atoms with E-state index in [4.69, 9.17) is 4.74 Å². The van der Waals surface area contributed by atoms with E-state index < -0.39 is 0 Å². The lowest BCUT2D eigenvalue weighted by atomic mass is 10.2. The van der Waals surface area contributed by atoms with Gasteiger partial charge in [0, 0.05) is 42.8 Å². The number of carbonyl (C=O) groups excluding carboxylic acids is 1. The molecule has 2 aromatic carbocycles. The monoisotopic (exact) mass is 481 g/mol. The fourth-order valence-corrected chi connectivity index (χ4v) is 4.81. The van der Waals surface area contributed by atoms with Crippen molar-refractivity contribution in [2.45, 2.75) is 9.92 Å². The highest BCUT2D eigenvalue weighted by atomic mass is 32.2. The molecule has 1 aromatic heterocycles. The number of thioether (sulfide) groups is 2. The van der Waals surface area contributed by atoms with Crippen molar-refractivity contribution in [1.29, 1.82) is 0 Å². The second kappa shape index (κ2) is 11.3. The number of methoxy groups -OCH3 is 1. The van der Waals surface area contributed by atoms with Crippen molar-refractivity contribution < 1.29 is 9.53 Å². The summed E-state index contributed by atoms with van der Waals surface area (Å²) < 4.78 is 5.51. The minimum absolute atomic E-state index is 0.0520. The zero-order valence-electron chi connectivity index (χ0n) is 18.7. The van der Waals surface area contributed by atoms with Crippen LogP contribution in [0.1, 0.15) is 0 Å². The van der Waals surface area contributed by atoms with Gasteiger partial charge in [-0.2, -0.15) is 0 Å². The maximum absolute atomic E-state index is 12.4. The zero-order chi connectivity index (χ0) is 23.0. The lowest BCUT2D eigenvalue weighted by Crippen LogP contribution is -2.47. The van der Waals surface area contributed by atoms with Gasteiger partial charge in [-0.3, -0.25) is 4.79 Å².